The van der Waals surface area contributed by atoms with Crippen LogP contribution in [0.5, 0.6) is 0 Å². The zero-order valence-corrected chi connectivity index (χ0v) is 10.2. The summed E-state index contributed by atoms with van der Waals surface area (Å²) in [4.78, 5) is 5.52. The van der Waals surface area contributed by atoms with Crippen molar-refractivity contribution in [1.29, 1.82) is 0 Å². The van der Waals surface area contributed by atoms with E-state index < -0.39 is 10.8 Å². The molecule has 1 aromatic heterocycles. The van der Waals surface area contributed by atoms with Crippen LogP contribution in [0, 0.1) is 0 Å². The Bertz CT molecular complexity index is 299. The molecule has 0 aromatic carbocycles. The van der Waals surface area contributed by atoms with Crippen LogP contribution in [-0.2, 0) is 23.8 Å². The highest BCUT2D eigenvalue weighted by atomic mass is 32.2. The van der Waals surface area contributed by atoms with E-state index in [1.165, 1.54) is 9.88 Å². The molecule has 0 fully saturated rings. The average Bonchev–Trinajstić information content (AvgIpc) is 2.60. The lowest BCUT2D eigenvalue weighted by Crippen LogP contribution is -2.19. The van der Waals surface area contributed by atoms with Gasteiger partial charge in [-0.3, -0.25) is 4.21 Å². The van der Waals surface area contributed by atoms with Crippen molar-refractivity contribution < 1.29 is 4.21 Å². The van der Waals surface area contributed by atoms with Crippen molar-refractivity contribution in [2.24, 2.45) is 0 Å². The first-order valence-corrected chi connectivity index (χ1v) is 7.21. The molecule has 0 aliphatic carbocycles. The number of aryl methyl sites for hydroxylation is 1. The van der Waals surface area contributed by atoms with Gasteiger partial charge in [0.05, 0.1) is 5.01 Å². The van der Waals surface area contributed by atoms with Gasteiger partial charge in [0.25, 0.3) is 0 Å². The highest BCUT2D eigenvalue weighted by Crippen LogP contribution is 2.12. The lowest BCUT2D eigenvalue weighted by Gasteiger charge is -1.99. The number of aromatic nitrogens is 1. The highest BCUT2D eigenvalue weighted by molar-refractivity contribution is 7.84. The van der Waals surface area contributed by atoms with Gasteiger partial charge in [-0.05, 0) is 6.42 Å². The number of nitrogens with one attached hydrogen (secondary N) is 1. The Balaban J connectivity index is 2.21. The maximum absolute atomic E-state index is 10.8. The van der Waals surface area contributed by atoms with E-state index in [0.717, 1.165) is 25.3 Å². The third kappa shape index (κ3) is 4.30. The fraction of sp³-hybridized carbons (Fsp3) is 0.667. The molecule has 0 aliphatic heterocycles. The Labute approximate surface area is 91.4 Å². The Kier molecular flexibility index (Phi) is 5.29. The minimum atomic E-state index is -0.695. The zero-order valence-electron chi connectivity index (χ0n) is 8.58. The van der Waals surface area contributed by atoms with Gasteiger partial charge in [-0.1, -0.05) is 6.92 Å². The van der Waals surface area contributed by atoms with Gasteiger partial charge in [-0.2, -0.15) is 0 Å². The first kappa shape index (κ1) is 11.8. The van der Waals surface area contributed by atoms with Gasteiger partial charge in [-0.25, -0.2) is 4.98 Å². The second-order valence-corrected chi connectivity index (χ2v) is 5.78. The average molecular weight is 232 g/mol. The Morgan fingerprint density at radius 2 is 2.43 bits per heavy atom. The van der Waals surface area contributed by atoms with Gasteiger partial charge in [0.15, 0.2) is 0 Å². The number of nitrogens with zero attached hydrogens (tertiary/aromatic N) is 1. The van der Waals surface area contributed by atoms with Crippen LogP contribution in [0.1, 0.15) is 16.8 Å². The maximum Gasteiger partial charge on any atom is 0.0925 e. The van der Waals surface area contributed by atoms with Crippen LogP contribution in [0.25, 0.3) is 0 Å². The van der Waals surface area contributed by atoms with E-state index in [0.29, 0.717) is 0 Å². The Morgan fingerprint density at radius 3 is 3.00 bits per heavy atom. The summed E-state index contributed by atoms with van der Waals surface area (Å²) < 4.78 is 10.8. The molecule has 0 amide bonds. The third-order valence-electron chi connectivity index (χ3n) is 1.77. The van der Waals surface area contributed by atoms with Crippen LogP contribution < -0.4 is 5.32 Å². The maximum atomic E-state index is 10.8. The quantitative estimate of drug-likeness (QED) is 0.749. The van der Waals surface area contributed by atoms with Crippen LogP contribution in [-0.4, -0.2) is 27.7 Å². The number of hydrogen-bond donors (Lipinski definition) is 1. The van der Waals surface area contributed by atoms with Crippen molar-refractivity contribution >= 4 is 22.1 Å². The topological polar surface area (TPSA) is 42.0 Å². The van der Waals surface area contributed by atoms with Crippen molar-refractivity contribution in [1.82, 2.24) is 10.3 Å². The fourth-order valence-electron chi connectivity index (χ4n) is 1.02. The molecule has 5 heteroatoms. The van der Waals surface area contributed by atoms with Crippen LogP contribution in [0.2, 0.25) is 0 Å². The van der Waals surface area contributed by atoms with Crippen molar-refractivity contribution in [3.8, 4) is 0 Å². The molecule has 3 nitrogen and oxygen atoms in total. The summed E-state index contributed by atoms with van der Waals surface area (Å²) in [6, 6.07) is 0. The molecule has 0 bridgehead atoms. The predicted molar refractivity (Wildman–Crippen MR) is 62.1 cm³/mol. The molecule has 1 unspecified atom stereocenters. The van der Waals surface area contributed by atoms with E-state index >= 15 is 0 Å². The predicted octanol–water partition coefficient (Wildman–Crippen LogP) is 1.17. The first-order chi connectivity index (χ1) is 6.72. The molecule has 1 heterocycles. The molecule has 0 saturated carbocycles. The van der Waals surface area contributed by atoms with Gasteiger partial charge in [-0.15, -0.1) is 11.3 Å². The molecular weight excluding hydrogens is 216 g/mol. The van der Waals surface area contributed by atoms with Crippen molar-refractivity contribution in [2.45, 2.75) is 19.9 Å². The first-order valence-electron chi connectivity index (χ1n) is 4.66. The van der Waals surface area contributed by atoms with E-state index in [1.54, 1.807) is 17.6 Å². The Hall–Kier alpha value is -0.260. The Morgan fingerprint density at radius 1 is 1.64 bits per heavy atom. The standard InChI is InChI=1S/C9H16N2OS2/c1-3-9-11-7-8(13-9)6-10-4-5-14(2)12/h7,10H,3-6H2,1-2H3. The second-order valence-electron chi connectivity index (χ2n) is 3.03. The van der Waals surface area contributed by atoms with Crippen LogP contribution in [0.3, 0.4) is 0 Å². The van der Waals surface area contributed by atoms with E-state index in [-0.39, 0.29) is 0 Å². The number of thiazole rings is 1. The zero-order chi connectivity index (χ0) is 10.4. The van der Waals surface area contributed by atoms with E-state index in [2.05, 4.69) is 17.2 Å². The second kappa shape index (κ2) is 6.27. The SMILES string of the molecule is CCc1ncc(CNCCS(C)=O)s1. The molecule has 1 rings (SSSR count). The van der Waals surface area contributed by atoms with Gasteiger partial charge in [0.1, 0.15) is 0 Å². The lowest BCUT2D eigenvalue weighted by atomic mass is 10.5. The lowest BCUT2D eigenvalue weighted by molar-refractivity contribution is 0.677. The normalized spacial score (nSPS) is 13.0. The third-order valence-corrected chi connectivity index (χ3v) is 3.69. The van der Waals surface area contributed by atoms with Crippen molar-refractivity contribution in [2.75, 3.05) is 18.6 Å². The highest BCUT2D eigenvalue weighted by Gasteiger charge is 1.99. The molecule has 1 aromatic rings. The summed E-state index contributed by atoms with van der Waals surface area (Å²) >= 11 is 1.74. The summed E-state index contributed by atoms with van der Waals surface area (Å²) in [7, 11) is -0.695. The van der Waals surface area contributed by atoms with Crippen molar-refractivity contribution in [3.63, 3.8) is 0 Å². The smallest absolute Gasteiger partial charge is 0.0925 e. The van der Waals surface area contributed by atoms with E-state index in [4.69, 9.17) is 0 Å². The summed E-state index contributed by atoms with van der Waals surface area (Å²) in [5, 5.41) is 4.43. The monoisotopic (exact) mass is 232 g/mol. The number of rotatable bonds is 6. The van der Waals surface area contributed by atoms with Gasteiger partial charge < -0.3 is 5.32 Å². The summed E-state index contributed by atoms with van der Waals surface area (Å²) in [5.41, 5.74) is 0. The van der Waals surface area contributed by atoms with E-state index in [9.17, 15) is 4.21 Å². The van der Waals surface area contributed by atoms with Gasteiger partial charge in [0, 0.05) is 47.0 Å². The summed E-state index contributed by atoms with van der Waals surface area (Å²) in [6.07, 6.45) is 4.65. The minimum Gasteiger partial charge on any atom is -0.311 e. The largest absolute Gasteiger partial charge is 0.311 e. The van der Waals surface area contributed by atoms with Gasteiger partial charge in [0.2, 0.25) is 0 Å². The van der Waals surface area contributed by atoms with Crippen LogP contribution >= 0.6 is 11.3 Å². The van der Waals surface area contributed by atoms with Crippen LogP contribution in [0.4, 0.5) is 0 Å². The minimum absolute atomic E-state index is 0.695. The summed E-state index contributed by atoms with van der Waals surface area (Å²) in [6.45, 7) is 3.76. The molecule has 14 heavy (non-hydrogen) atoms. The molecule has 80 valence electrons. The molecule has 0 radical (unpaired) electrons. The van der Waals surface area contributed by atoms with Gasteiger partial charge >= 0.3 is 0 Å². The molecule has 1 atom stereocenters. The van der Waals surface area contributed by atoms with Crippen LogP contribution in [0.15, 0.2) is 6.20 Å². The fourth-order valence-corrected chi connectivity index (χ4v) is 2.28. The summed E-state index contributed by atoms with van der Waals surface area (Å²) in [5.74, 6) is 0.722. The molecule has 0 aliphatic rings. The molecular formula is C9H16N2OS2. The number of hydrogen-bond acceptors (Lipinski definition) is 4. The molecule has 1 N–H and O–H groups in total. The van der Waals surface area contributed by atoms with E-state index in [1.807, 2.05) is 6.20 Å². The van der Waals surface area contributed by atoms with Crippen molar-refractivity contribution in [3.05, 3.63) is 16.1 Å². The molecule has 0 spiro atoms. The molecule has 0 saturated heterocycles.